The molecule has 11 heavy (non-hydrogen) atoms. The molecule has 0 aromatic carbocycles. The van der Waals surface area contributed by atoms with E-state index in [4.69, 9.17) is 28.3 Å². The Hall–Kier alpha value is -0.190. The lowest BCUT2D eigenvalue weighted by Crippen LogP contribution is -2.30. The summed E-state index contributed by atoms with van der Waals surface area (Å²) in [7, 11) is 0. The third-order valence-corrected chi connectivity index (χ3v) is 1.95. The van der Waals surface area contributed by atoms with E-state index in [0.29, 0.717) is 0 Å². The Kier molecular flexibility index (Phi) is 2.81. The second kappa shape index (κ2) is 3.47. The molecule has 4 nitrogen and oxygen atoms in total. The predicted molar refractivity (Wildman–Crippen MR) is 37.7 cm³/mol. The number of rotatable bonds is 2. The number of hydrogen-bond donors (Lipinski definition) is 1. The maximum absolute atomic E-state index is 10.4. The fourth-order valence-electron chi connectivity index (χ4n) is 0.693. The minimum absolute atomic E-state index is 0.313. The summed E-state index contributed by atoms with van der Waals surface area (Å²) in [4.78, 5) is 10.4. The highest BCUT2D eigenvalue weighted by Crippen LogP contribution is 2.23. The quantitative estimate of drug-likeness (QED) is 0.527. The van der Waals surface area contributed by atoms with Crippen LogP contribution in [0.1, 0.15) is 0 Å². The van der Waals surface area contributed by atoms with Crippen molar-refractivity contribution in [3.8, 4) is 0 Å². The number of carbonyl (C=O) groups excluding carboxylic acids is 1. The SMILES string of the molecule is O=C1OC(Cl)C(C(Cl)CO)O1. The van der Waals surface area contributed by atoms with Crippen LogP contribution in [0.3, 0.4) is 0 Å². The Morgan fingerprint density at radius 3 is 2.64 bits per heavy atom. The normalized spacial score (nSPS) is 32.8. The van der Waals surface area contributed by atoms with Gasteiger partial charge in [0.2, 0.25) is 5.56 Å². The van der Waals surface area contributed by atoms with Gasteiger partial charge in [-0.25, -0.2) is 4.79 Å². The topological polar surface area (TPSA) is 55.8 Å². The van der Waals surface area contributed by atoms with E-state index in [2.05, 4.69) is 9.47 Å². The number of carbonyl (C=O) groups is 1. The molecule has 0 saturated carbocycles. The fraction of sp³-hybridized carbons (Fsp3) is 0.800. The van der Waals surface area contributed by atoms with Crippen LogP contribution in [0, 0.1) is 0 Å². The van der Waals surface area contributed by atoms with Gasteiger partial charge in [-0.05, 0) is 0 Å². The highest BCUT2D eigenvalue weighted by atomic mass is 35.5. The molecular weight excluding hydrogens is 195 g/mol. The van der Waals surface area contributed by atoms with Crippen molar-refractivity contribution in [1.29, 1.82) is 0 Å². The molecule has 1 aliphatic heterocycles. The Labute approximate surface area is 73.0 Å². The molecule has 1 fully saturated rings. The predicted octanol–water partition coefficient (Wildman–Crippen LogP) is 0.686. The first-order valence-corrected chi connectivity index (χ1v) is 3.78. The van der Waals surface area contributed by atoms with Gasteiger partial charge in [-0.1, -0.05) is 11.6 Å². The molecule has 0 aliphatic carbocycles. The second-order valence-electron chi connectivity index (χ2n) is 2.00. The van der Waals surface area contributed by atoms with E-state index < -0.39 is 23.2 Å². The maximum atomic E-state index is 10.4. The first-order chi connectivity index (χ1) is 5.15. The average molecular weight is 201 g/mol. The zero-order valence-corrected chi connectivity index (χ0v) is 6.88. The van der Waals surface area contributed by atoms with Gasteiger partial charge in [0.05, 0.1) is 12.0 Å². The van der Waals surface area contributed by atoms with Crippen molar-refractivity contribution in [2.24, 2.45) is 0 Å². The van der Waals surface area contributed by atoms with Crippen LogP contribution in [0.25, 0.3) is 0 Å². The van der Waals surface area contributed by atoms with Gasteiger partial charge in [-0.3, -0.25) is 0 Å². The maximum Gasteiger partial charge on any atom is 0.510 e. The molecule has 6 heteroatoms. The zero-order chi connectivity index (χ0) is 8.43. The van der Waals surface area contributed by atoms with Crippen molar-refractivity contribution < 1.29 is 19.4 Å². The molecule has 0 amide bonds. The molecule has 0 radical (unpaired) electrons. The van der Waals surface area contributed by atoms with Crippen molar-refractivity contribution in [3.63, 3.8) is 0 Å². The van der Waals surface area contributed by atoms with Crippen LogP contribution in [-0.4, -0.2) is 34.9 Å². The van der Waals surface area contributed by atoms with E-state index in [0.717, 1.165) is 0 Å². The van der Waals surface area contributed by atoms with Crippen LogP contribution in [0.4, 0.5) is 4.79 Å². The van der Waals surface area contributed by atoms with Gasteiger partial charge in [-0.2, -0.15) is 0 Å². The van der Waals surface area contributed by atoms with Gasteiger partial charge >= 0.3 is 6.16 Å². The lowest BCUT2D eigenvalue weighted by Gasteiger charge is -2.12. The molecule has 0 spiro atoms. The monoisotopic (exact) mass is 200 g/mol. The van der Waals surface area contributed by atoms with E-state index in [9.17, 15) is 4.79 Å². The summed E-state index contributed by atoms with van der Waals surface area (Å²) >= 11 is 11.0. The van der Waals surface area contributed by atoms with Crippen molar-refractivity contribution in [1.82, 2.24) is 0 Å². The van der Waals surface area contributed by atoms with Crippen molar-refractivity contribution >= 4 is 29.4 Å². The first kappa shape index (κ1) is 8.90. The summed E-state index contributed by atoms with van der Waals surface area (Å²) in [6.45, 7) is -0.313. The number of aliphatic hydroxyl groups excluding tert-OH is 1. The molecule has 0 aromatic heterocycles. The van der Waals surface area contributed by atoms with Gasteiger partial charge in [0.25, 0.3) is 0 Å². The summed E-state index contributed by atoms with van der Waals surface area (Å²) in [5.41, 5.74) is -0.905. The Morgan fingerprint density at radius 1 is 1.64 bits per heavy atom. The molecule has 64 valence electrons. The van der Waals surface area contributed by atoms with Gasteiger partial charge in [-0.15, -0.1) is 11.6 Å². The van der Waals surface area contributed by atoms with Crippen LogP contribution < -0.4 is 0 Å². The number of aliphatic hydroxyl groups is 1. The third-order valence-electron chi connectivity index (χ3n) is 1.23. The molecule has 1 saturated heterocycles. The van der Waals surface area contributed by atoms with Crippen molar-refractivity contribution in [2.75, 3.05) is 6.61 Å². The van der Waals surface area contributed by atoms with E-state index in [1.54, 1.807) is 0 Å². The lowest BCUT2D eigenvalue weighted by atomic mass is 10.3. The third kappa shape index (κ3) is 1.89. The highest BCUT2D eigenvalue weighted by Gasteiger charge is 2.39. The summed E-state index contributed by atoms with van der Waals surface area (Å²) < 4.78 is 8.95. The largest absolute Gasteiger partial charge is 0.510 e. The smallest absolute Gasteiger partial charge is 0.424 e. The van der Waals surface area contributed by atoms with E-state index in [-0.39, 0.29) is 6.61 Å². The molecule has 1 heterocycles. The molecule has 0 aromatic rings. The number of hydrogen-bond acceptors (Lipinski definition) is 4. The zero-order valence-electron chi connectivity index (χ0n) is 5.37. The van der Waals surface area contributed by atoms with E-state index in [1.807, 2.05) is 0 Å². The fourth-order valence-corrected chi connectivity index (χ4v) is 1.25. The van der Waals surface area contributed by atoms with Gasteiger partial charge in [0.15, 0.2) is 6.10 Å². The summed E-state index contributed by atoms with van der Waals surface area (Å²) in [5.74, 6) is 0. The Bertz CT molecular complexity index is 163. The van der Waals surface area contributed by atoms with Gasteiger partial charge < -0.3 is 14.6 Å². The van der Waals surface area contributed by atoms with Crippen molar-refractivity contribution in [2.45, 2.75) is 17.0 Å². The van der Waals surface area contributed by atoms with Crippen LogP contribution in [0.15, 0.2) is 0 Å². The number of halogens is 2. The summed E-state index contributed by atoms with van der Waals surface area (Å²) in [6.07, 6.45) is -1.62. The van der Waals surface area contributed by atoms with Gasteiger partial charge in [0, 0.05) is 0 Å². The summed E-state index contributed by atoms with van der Waals surface area (Å²) in [5, 5.41) is 7.84. The number of alkyl halides is 2. The van der Waals surface area contributed by atoms with Crippen LogP contribution in [0.2, 0.25) is 0 Å². The molecule has 1 N–H and O–H groups in total. The van der Waals surface area contributed by atoms with E-state index in [1.165, 1.54) is 0 Å². The molecule has 3 atom stereocenters. The second-order valence-corrected chi connectivity index (χ2v) is 2.99. The summed E-state index contributed by atoms with van der Waals surface area (Å²) in [6, 6.07) is 0. The lowest BCUT2D eigenvalue weighted by molar-refractivity contribution is 0.111. The average Bonchev–Trinajstić information content (AvgIpc) is 2.28. The van der Waals surface area contributed by atoms with Crippen LogP contribution in [0.5, 0.6) is 0 Å². The minimum atomic E-state index is -0.905. The Balaban J connectivity index is 2.52. The minimum Gasteiger partial charge on any atom is -0.424 e. The molecule has 3 unspecified atom stereocenters. The standard InChI is InChI=1S/C5H6Cl2O4/c6-2(1-8)3-4(7)11-5(9)10-3/h2-4,8H,1H2. The molecule has 1 aliphatic rings. The molecule has 1 rings (SSSR count). The Morgan fingerprint density at radius 2 is 2.27 bits per heavy atom. The van der Waals surface area contributed by atoms with Gasteiger partial charge in [0.1, 0.15) is 0 Å². The number of ether oxygens (including phenoxy) is 2. The van der Waals surface area contributed by atoms with Crippen molar-refractivity contribution in [3.05, 3.63) is 0 Å². The van der Waals surface area contributed by atoms with Crippen LogP contribution in [-0.2, 0) is 9.47 Å². The number of cyclic esters (lactones) is 2. The first-order valence-electron chi connectivity index (χ1n) is 2.91. The molecular formula is C5H6Cl2O4. The van der Waals surface area contributed by atoms with Crippen LogP contribution >= 0.6 is 23.2 Å². The highest BCUT2D eigenvalue weighted by molar-refractivity contribution is 6.24. The van der Waals surface area contributed by atoms with E-state index >= 15 is 0 Å². The molecule has 0 bridgehead atoms.